The Morgan fingerprint density at radius 1 is 0.720 bits per heavy atom. The lowest BCUT2D eigenvalue weighted by atomic mass is 10.6. The van der Waals surface area contributed by atoms with Crippen molar-refractivity contribution in [2.75, 3.05) is 0 Å². The van der Waals surface area contributed by atoms with Gasteiger partial charge < -0.3 is 0 Å². The van der Waals surface area contributed by atoms with Crippen LogP contribution in [0.1, 0.15) is 88.0 Å². The maximum absolute atomic E-state index is 4.60. The summed E-state index contributed by atoms with van der Waals surface area (Å²) in [6.45, 7) is 33.8. The van der Waals surface area contributed by atoms with Crippen LogP contribution in [0.25, 0.3) is 0 Å². The summed E-state index contributed by atoms with van der Waals surface area (Å²) in [5.41, 5.74) is 1.42. The number of hydrogen-bond acceptors (Lipinski definition) is 0. The van der Waals surface area contributed by atoms with Crippen LogP contribution in [0.2, 0.25) is 0 Å². The zero-order valence-corrected chi connectivity index (χ0v) is 19.3. The summed E-state index contributed by atoms with van der Waals surface area (Å²) >= 11 is 0. The third kappa shape index (κ3) is 10700. The average Bonchev–Trinajstić information content (AvgIpc) is 3.49. The zero-order valence-electron chi connectivity index (χ0n) is 19.3. The van der Waals surface area contributed by atoms with Crippen LogP contribution in [-0.2, 0) is 0 Å². The van der Waals surface area contributed by atoms with Crippen molar-refractivity contribution in [1.82, 2.24) is 0 Å². The molecule has 1 aliphatic carbocycles. The van der Waals surface area contributed by atoms with E-state index in [-0.39, 0.29) is 0 Å². The lowest BCUT2D eigenvalue weighted by molar-refractivity contribution is 1.09. The van der Waals surface area contributed by atoms with Crippen LogP contribution in [0, 0.1) is 38.0 Å². The van der Waals surface area contributed by atoms with Crippen LogP contribution >= 0.6 is 0 Å². The van der Waals surface area contributed by atoms with E-state index in [4.69, 9.17) is 0 Å². The molecule has 0 aliphatic heterocycles. The first kappa shape index (κ1) is 56.8. The molecule has 150 valence electrons. The Balaban J connectivity index is -0.0000000166. The third-order valence-electron chi connectivity index (χ3n) is 0.604. The van der Waals surface area contributed by atoms with Gasteiger partial charge in [0.1, 0.15) is 0 Å². The lowest BCUT2D eigenvalue weighted by Gasteiger charge is -1.48. The van der Waals surface area contributed by atoms with E-state index in [0.717, 1.165) is 0 Å². The largest absolute Gasteiger partial charge is 0.124 e. The van der Waals surface area contributed by atoms with E-state index in [1.54, 1.807) is 6.92 Å². The SMILES string of the molecule is C#C.C#C.C#CC.C=C.C=C.C=C1CC1.CC.CC.CCC.CCC. The predicted octanol–water partition coefficient (Wildman–Crippen LogP) is 8.96. The van der Waals surface area contributed by atoms with E-state index in [2.05, 4.69) is 98.6 Å². The Kier molecular flexibility index (Phi) is 625. The van der Waals surface area contributed by atoms with Crippen molar-refractivity contribution >= 4 is 0 Å². The smallest absolute Gasteiger partial charge is 0.00297 e. The second-order valence-corrected chi connectivity index (χ2v) is 2.95. The van der Waals surface area contributed by atoms with Gasteiger partial charge >= 0.3 is 0 Å². The van der Waals surface area contributed by atoms with Crippen LogP contribution in [0.5, 0.6) is 0 Å². The molecule has 0 heteroatoms. The average molecular weight is 351 g/mol. The molecule has 0 radical (unpaired) electrons. The number of hydrogen-bond donors (Lipinski definition) is 0. The van der Waals surface area contributed by atoms with Gasteiger partial charge in [0.2, 0.25) is 0 Å². The van der Waals surface area contributed by atoms with Gasteiger partial charge in [-0.05, 0) is 19.8 Å². The second-order valence-electron chi connectivity index (χ2n) is 2.95. The first-order chi connectivity index (χ1) is 12.1. The molecule has 0 nitrogen and oxygen atoms in total. The molecule has 0 heterocycles. The van der Waals surface area contributed by atoms with Gasteiger partial charge in [-0.15, -0.1) is 64.4 Å². The standard InChI is InChI=1S/C4H6.2C3H8.C3H4.2C2H6.2C2H4.2C2H2/c1-4-2-3-4;3*1-3-2;6*1-2/h1-3H2;2*3H2,1-2H3;1H,2H3;2*1-2H3;2*1-2H2;2*1-2H. The molecule has 0 aromatic carbocycles. The van der Waals surface area contributed by atoms with Crippen LogP contribution < -0.4 is 0 Å². The molecule has 25 heavy (non-hydrogen) atoms. The summed E-state index contributed by atoms with van der Waals surface area (Å²) in [5.74, 6) is 2.25. The minimum atomic E-state index is 1.25. The number of rotatable bonds is 0. The molecule has 0 saturated heterocycles. The fraction of sp³-hybridized carbons (Fsp3) is 0.520. The van der Waals surface area contributed by atoms with Crippen molar-refractivity contribution in [2.45, 2.75) is 88.0 Å². The Bertz CT molecular complexity index is 181. The van der Waals surface area contributed by atoms with E-state index >= 15 is 0 Å². The van der Waals surface area contributed by atoms with Crippen LogP contribution in [0.4, 0.5) is 0 Å². The van der Waals surface area contributed by atoms with E-state index < -0.39 is 0 Å². The van der Waals surface area contributed by atoms with E-state index in [0.29, 0.717) is 0 Å². The molecule has 1 rings (SSSR count). The summed E-state index contributed by atoms with van der Waals surface area (Å²) in [6.07, 6.45) is 25.7. The van der Waals surface area contributed by atoms with E-state index in [1.165, 1.54) is 31.3 Å². The Hall–Kier alpha value is -2.10. The minimum absolute atomic E-state index is 1.25. The lowest BCUT2D eigenvalue weighted by Crippen LogP contribution is -1.27. The molecule has 0 atom stereocenters. The highest BCUT2D eigenvalue weighted by Gasteiger charge is 2.04. The number of terminal acetylenes is 3. The molecule has 0 N–H and O–H groups in total. The summed E-state index contributed by atoms with van der Waals surface area (Å²) in [4.78, 5) is 0. The van der Waals surface area contributed by atoms with E-state index in [9.17, 15) is 0 Å². The molecule has 1 saturated carbocycles. The van der Waals surface area contributed by atoms with Crippen molar-refractivity contribution < 1.29 is 0 Å². The Morgan fingerprint density at radius 3 is 0.760 bits per heavy atom. The van der Waals surface area contributed by atoms with Gasteiger partial charge in [0.25, 0.3) is 0 Å². The monoisotopic (exact) mass is 350 g/mol. The molecule has 0 bridgehead atoms. The quantitative estimate of drug-likeness (QED) is 0.302. The summed E-state index contributed by atoms with van der Waals surface area (Å²) < 4.78 is 0. The molecule has 0 aromatic rings. The highest BCUT2D eigenvalue weighted by atomic mass is 14.1. The predicted molar refractivity (Wildman–Crippen MR) is 130 cm³/mol. The Labute approximate surface area is 164 Å². The summed E-state index contributed by atoms with van der Waals surface area (Å²) in [5, 5.41) is 0. The summed E-state index contributed by atoms with van der Waals surface area (Å²) in [7, 11) is 0. The maximum atomic E-state index is 4.60. The normalized spacial score (nSPS) is 6.16. The molecular weight excluding hydrogens is 300 g/mol. The summed E-state index contributed by atoms with van der Waals surface area (Å²) in [6, 6.07) is 0. The fourth-order valence-electron chi connectivity index (χ4n) is 0.0884. The molecule has 1 aliphatic rings. The molecule has 0 aromatic heterocycles. The van der Waals surface area contributed by atoms with Gasteiger partial charge in [-0.1, -0.05) is 80.4 Å². The van der Waals surface area contributed by atoms with Gasteiger partial charge in [0.05, 0.1) is 0 Å². The Morgan fingerprint density at radius 2 is 0.760 bits per heavy atom. The minimum Gasteiger partial charge on any atom is -0.124 e. The van der Waals surface area contributed by atoms with Crippen LogP contribution in [0.15, 0.2) is 38.5 Å². The second kappa shape index (κ2) is 275. The van der Waals surface area contributed by atoms with E-state index in [1.807, 2.05) is 27.7 Å². The van der Waals surface area contributed by atoms with Crippen molar-refractivity contribution in [3.05, 3.63) is 38.5 Å². The maximum Gasteiger partial charge on any atom is -0.00297 e. The highest BCUT2D eigenvalue weighted by Crippen LogP contribution is 2.23. The molecule has 1 fully saturated rings. The van der Waals surface area contributed by atoms with Gasteiger partial charge in [0.15, 0.2) is 0 Å². The van der Waals surface area contributed by atoms with Gasteiger partial charge in [0, 0.05) is 0 Å². The van der Waals surface area contributed by atoms with Crippen molar-refractivity contribution in [3.63, 3.8) is 0 Å². The van der Waals surface area contributed by atoms with Gasteiger partial charge in [-0.25, -0.2) is 0 Å². The molecule has 0 spiro atoms. The molecular formula is C25H50. The first-order valence-electron chi connectivity index (χ1n) is 8.84. The van der Waals surface area contributed by atoms with Crippen LogP contribution in [0.3, 0.4) is 0 Å². The van der Waals surface area contributed by atoms with Crippen molar-refractivity contribution in [3.8, 4) is 38.0 Å². The van der Waals surface area contributed by atoms with Gasteiger partial charge in [-0.2, -0.15) is 0 Å². The van der Waals surface area contributed by atoms with Crippen LogP contribution in [-0.4, -0.2) is 0 Å². The zero-order chi connectivity index (χ0) is 23.1. The number of allylic oxidation sites excluding steroid dienone is 1. The highest BCUT2D eigenvalue weighted by molar-refractivity contribution is 5.09. The van der Waals surface area contributed by atoms with Gasteiger partial charge in [-0.3, -0.25) is 0 Å². The topological polar surface area (TPSA) is 0 Å². The third-order valence-corrected chi connectivity index (χ3v) is 0.604. The van der Waals surface area contributed by atoms with Crippen molar-refractivity contribution in [2.24, 2.45) is 0 Å². The fourth-order valence-corrected chi connectivity index (χ4v) is 0.0884. The molecule has 0 unspecified atom stereocenters. The molecule has 0 amide bonds. The van der Waals surface area contributed by atoms with Crippen molar-refractivity contribution in [1.29, 1.82) is 0 Å². The first-order valence-corrected chi connectivity index (χ1v) is 8.84.